The van der Waals surface area contributed by atoms with Gasteiger partial charge < -0.3 is 10.5 Å². The molecule has 0 saturated carbocycles. The van der Waals surface area contributed by atoms with E-state index in [-0.39, 0.29) is 40.7 Å². The second-order valence-corrected chi connectivity index (χ2v) is 4.84. The Kier molecular flexibility index (Phi) is 5.42. The van der Waals surface area contributed by atoms with Gasteiger partial charge >= 0.3 is 11.5 Å². The van der Waals surface area contributed by atoms with E-state index in [1.54, 1.807) is 6.07 Å². The van der Waals surface area contributed by atoms with Crippen LogP contribution in [-0.2, 0) is 22.5 Å². The minimum atomic E-state index is -4.52. The summed E-state index contributed by atoms with van der Waals surface area (Å²) in [6.07, 6.45) is -0.326. The summed E-state index contributed by atoms with van der Waals surface area (Å²) in [7, 11) is 1.14. The van der Waals surface area contributed by atoms with E-state index in [2.05, 4.69) is 4.74 Å². The molecule has 1 aromatic rings. The molecule has 0 aromatic heterocycles. The summed E-state index contributed by atoms with van der Waals surface area (Å²) < 4.78 is 42.1. The molecule has 0 bridgehead atoms. The van der Waals surface area contributed by atoms with Crippen LogP contribution >= 0.6 is 11.8 Å². The van der Waals surface area contributed by atoms with Crippen LogP contribution < -0.4 is 5.73 Å². The van der Waals surface area contributed by atoms with E-state index in [0.717, 1.165) is 13.2 Å². The number of carbonyl (C=O) groups excluding carboxylic acids is 1. The highest BCUT2D eigenvalue weighted by molar-refractivity contribution is 8.00. The average Bonchev–Trinajstić information content (AvgIpc) is 2.38. The quantitative estimate of drug-likeness (QED) is 0.682. The monoisotopic (exact) mass is 304 g/mol. The summed E-state index contributed by atoms with van der Waals surface area (Å²) in [5.41, 5.74) is 1.47. The number of hydrogen-bond acceptors (Lipinski definition) is 5. The number of methoxy groups -OCH3 is 1. The largest absolute Gasteiger partial charge is 0.469 e. The van der Waals surface area contributed by atoms with Crippen molar-refractivity contribution >= 4 is 17.7 Å². The summed E-state index contributed by atoms with van der Waals surface area (Å²) in [6, 6.07) is 4.24. The Morgan fingerprint density at radius 1 is 1.50 bits per heavy atom. The maximum atomic E-state index is 12.5. The number of benzene rings is 1. The highest BCUT2D eigenvalue weighted by Crippen LogP contribution is 2.40. The fourth-order valence-electron chi connectivity index (χ4n) is 1.58. The Hall–Kier alpha value is -1.72. The van der Waals surface area contributed by atoms with Crippen molar-refractivity contribution in [3.63, 3.8) is 0 Å². The van der Waals surface area contributed by atoms with Crippen molar-refractivity contribution in [3.05, 3.63) is 28.8 Å². The molecule has 0 spiro atoms. The van der Waals surface area contributed by atoms with E-state index < -0.39 is 11.5 Å². The molecule has 2 N–H and O–H groups in total. The molecule has 0 fully saturated rings. The summed E-state index contributed by atoms with van der Waals surface area (Å²) >= 11 is -0.376. The highest BCUT2D eigenvalue weighted by Gasteiger charge is 2.31. The molecule has 0 aliphatic rings. The number of nitriles is 1. The zero-order valence-corrected chi connectivity index (χ0v) is 11.3. The second kappa shape index (κ2) is 6.63. The van der Waals surface area contributed by atoms with Gasteiger partial charge in [-0.1, -0.05) is 0 Å². The summed E-state index contributed by atoms with van der Waals surface area (Å²) in [5.74, 6) is -0.673. The van der Waals surface area contributed by atoms with E-state index in [0.29, 0.717) is 5.56 Å². The number of nitrogens with two attached hydrogens (primary N) is 1. The number of alkyl halides is 3. The predicted octanol–water partition coefficient (Wildman–Crippen LogP) is 2.34. The van der Waals surface area contributed by atoms with Gasteiger partial charge in [0.15, 0.2) is 0 Å². The van der Waals surface area contributed by atoms with Crippen LogP contribution in [0.2, 0.25) is 0 Å². The van der Waals surface area contributed by atoms with Gasteiger partial charge in [0.1, 0.15) is 0 Å². The zero-order valence-electron chi connectivity index (χ0n) is 10.5. The molecule has 0 radical (unpaired) electrons. The van der Waals surface area contributed by atoms with Crippen LogP contribution in [0.5, 0.6) is 0 Å². The average molecular weight is 304 g/mol. The van der Waals surface area contributed by atoms with Crippen LogP contribution in [0.15, 0.2) is 17.0 Å². The van der Waals surface area contributed by atoms with E-state index in [1.807, 2.05) is 0 Å². The molecular formula is C12H11F3N2O2S. The van der Waals surface area contributed by atoms with Gasteiger partial charge in [-0.05, 0) is 35.0 Å². The molecule has 0 atom stereocenters. The Morgan fingerprint density at radius 2 is 2.15 bits per heavy atom. The summed E-state index contributed by atoms with van der Waals surface area (Å²) in [6.45, 7) is -0.0761. The highest BCUT2D eigenvalue weighted by atomic mass is 32.2. The van der Waals surface area contributed by atoms with Gasteiger partial charge in [-0.2, -0.15) is 18.4 Å². The molecule has 1 aromatic carbocycles. The molecule has 0 unspecified atom stereocenters. The van der Waals surface area contributed by atoms with Gasteiger partial charge in [0.2, 0.25) is 0 Å². The minimum absolute atomic E-state index is 0.0609. The first-order valence-electron chi connectivity index (χ1n) is 5.39. The van der Waals surface area contributed by atoms with Gasteiger partial charge in [-0.15, -0.1) is 0 Å². The number of thioether (sulfide) groups is 1. The lowest BCUT2D eigenvalue weighted by Crippen LogP contribution is -2.12. The molecule has 108 valence electrons. The first-order valence-corrected chi connectivity index (χ1v) is 6.21. The number of nitrogens with zero attached hydrogens (tertiary/aromatic N) is 1. The second-order valence-electron chi connectivity index (χ2n) is 3.73. The lowest BCUT2D eigenvalue weighted by Gasteiger charge is -2.14. The van der Waals surface area contributed by atoms with Crippen molar-refractivity contribution < 1.29 is 22.7 Å². The molecule has 0 amide bonds. The van der Waals surface area contributed by atoms with E-state index >= 15 is 0 Å². The molecule has 8 heteroatoms. The van der Waals surface area contributed by atoms with Crippen LogP contribution in [0.25, 0.3) is 0 Å². The molecule has 0 saturated heterocycles. The first kappa shape index (κ1) is 16.3. The molecule has 0 aliphatic carbocycles. The topological polar surface area (TPSA) is 76.1 Å². The Bertz CT molecular complexity index is 553. The Morgan fingerprint density at radius 3 is 2.60 bits per heavy atom. The van der Waals surface area contributed by atoms with E-state index in [1.165, 1.54) is 6.07 Å². The maximum Gasteiger partial charge on any atom is 0.446 e. The van der Waals surface area contributed by atoms with E-state index in [4.69, 9.17) is 11.0 Å². The predicted molar refractivity (Wildman–Crippen MR) is 66.7 cm³/mol. The SMILES string of the molecule is COC(=O)Cc1c(CN)cc(C#N)cc1SC(F)(F)F. The lowest BCUT2D eigenvalue weighted by molar-refractivity contribution is -0.139. The van der Waals surface area contributed by atoms with Gasteiger partial charge in [0.25, 0.3) is 0 Å². The molecule has 20 heavy (non-hydrogen) atoms. The fraction of sp³-hybridized carbons (Fsp3) is 0.333. The van der Waals surface area contributed by atoms with Crippen molar-refractivity contribution in [1.29, 1.82) is 5.26 Å². The third-order valence-electron chi connectivity index (χ3n) is 2.42. The van der Waals surface area contributed by atoms with Gasteiger partial charge in [0.05, 0.1) is 25.2 Å². The lowest BCUT2D eigenvalue weighted by atomic mass is 10.0. The third kappa shape index (κ3) is 4.43. The van der Waals surface area contributed by atoms with Crippen molar-refractivity contribution in [1.82, 2.24) is 0 Å². The van der Waals surface area contributed by atoms with Crippen molar-refractivity contribution in [2.75, 3.05) is 7.11 Å². The van der Waals surface area contributed by atoms with E-state index in [9.17, 15) is 18.0 Å². The van der Waals surface area contributed by atoms with Gasteiger partial charge in [-0.25, -0.2) is 0 Å². The number of rotatable bonds is 4. The zero-order chi connectivity index (χ0) is 15.3. The van der Waals surface area contributed by atoms with Gasteiger partial charge in [-0.3, -0.25) is 4.79 Å². The molecule has 0 aliphatic heterocycles. The number of carbonyl (C=O) groups is 1. The smallest absolute Gasteiger partial charge is 0.446 e. The van der Waals surface area contributed by atoms with Crippen molar-refractivity contribution in [2.45, 2.75) is 23.4 Å². The third-order valence-corrected chi connectivity index (χ3v) is 3.24. The summed E-state index contributed by atoms with van der Waals surface area (Å²) in [5, 5.41) is 8.83. The number of ether oxygens (including phenoxy) is 1. The minimum Gasteiger partial charge on any atom is -0.469 e. The molecular weight excluding hydrogens is 293 g/mol. The van der Waals surface area contributed by atoms with Crippen molar-refractivity contribution in [2.24, 2.45) is 5.73 Å². The number of hydrogen-bond donors (Lipinski definition) is 1. The molecule has 1 rings (SSSR count). The van der Waals surface area contributed by atoms with Crippen LogP contribution in [0.4, 0.5) is 13.2 Å². The Labute approximate surface area is 117 Å². The first-order chi connectivity index (χ1) is 9.30. The fourth-order valence-corrected chi connectivity index (χ4v) is 2.34. The maximum absolute atomic E-state index is 12.5. The summed E-state index contributed by atoms with van der Waals surface area (Å²) in [4.78, 5) is 11.1. The van der Waals surface area contributed by atoms with Crippen LogP contribution in [0.3, 0.4) is 0 Å². The standard InChI is InChI=1S/C12H11F3N2O2S/c1-19-11(18)4-9-8(6-17)2-7(5-16)3-10(9)20-12(13,14)15/h2-3H,4,6,17H2,1H3. The van der Waals surface area contributed by atoms with Crippen LogP contribution in [0.1, 0.15) is 16.7 Å². The van der Waals surface area contributed by atoms with Gasteiger partial charge in [0, 0.05) is 11.4 Å². The normalized spacial score (nSPS) is 11.0. The molecule has 4 nitrogen and oxygen atoms in total. The number of halogens is 3. The molecule has 0 heterocycles. The number of esters is 1. The van der Waals surface area contributed by atoms with Crippen LogP contribution in [0, 0.1) is 11.3 Å². The van der Waals surface area contributed by atoms with Crippen LogP contribution in [-0.4, -0.2) is 18.6 Å². The Balaban J connectivity index is 3.35. The van der Waals surface area contributed by atoms with Crippen molar-refractivity contribution in [3.8, 4) is 6.07 Å².